The summed E-state index contributed by atoms with van der Waals surface area (Å²) in [7, 11) is 0. The van der Waals surface area contributed by atoms with Gasteiger partial charge in [-0.15, -0.1) is 0 Å². The summed E-state index contributed by atoms with van der Waals surface area (Å²) < 4.78 is 5.31. The predicted molar refractivity (Wildman–Crippen MR) is 48.3 cm³/mol. The number of carbonyl (C=O) groups is 1. The van der Waals surface area contributed by atoms with Crippen LogP contribution in [0.3, 0.4) is 0 Å². The van der Waals surface area contributed by atoms with Gasteiger partial charge in [0, 0.05) is 24.4 Å². The Labute approximate surface area is 81.1 Å². The van der Waals surface area contributed by atoms with E-state index in [4.69, 9.17) is 9.84 Å². The Morgan fingerprint density at radius 1 is 1.71 bits per heavy atom. The molecule has 1 unspecified atom stereocenters. The Hall–Kier alpha value is -1.36. The van der Waals surface area contributed by atoms with E-state index in [0.717, 1.165) is 25.1 Å². The van der Waals surface area contributed by atoms with Gasteiger partial charge in [0.05, 0.1) is 6.61 Å². The highest BCUT2D eigenvalue weighted by molar-refractivity contribution is 5.83. The minimum absolute atomic E-state index is 0.00516. The molecule has 1 aromatic rings. The lowest BCUT2D eigenvalue weighted by Gasteiger charge is -2.20. The van der Waals surface area contributed by atoms with Gasteiger partial charge in [-0.25, -0.2) is 9.78 Å². The maximum Gasteiger partial charge on any atom is 0.371 e. The quantitative estimate of drug-likeness (QED) is 0.740. The van der Waals surface area contributed by atoms with Crippen molar-refractivity contribution >= 4 is 5.97 Å². The van der Waals surface area contributed by atoms with Crippen LogP contribution in [0.5, 0.6) is 0 Å². The number of rotatable bonds is 2. The lowest BCUT2D eigenvalue weighted by molar-refractivity contribution is 0.0681. The average Bonchev–Trinajstić information content (AvgIpc) is 2.68. The molecule has 2 N–H and O–H groups in total. The van der Waals surface area contributed by atoms with Gasteiger partial charge in [0.2, 0.25) is 5.82 Å². The number of imidazole rings is 1. The summed E-state index contributed by atoms with van der Waals surface area (Å²) in [6, 6.07) is 0. The van der Waals surface area contributed by atoms with E-state index < -0.39 is 5.97 Å². The number of ether oxygens (including phenoxy) is 1. The van der Waals surface area contributed by atoms with Crippen LogP contribution in [0.15, 0.2) is 6.20 Å². The Morgan fingerprint density at radius 3 is 3.14 bits per heavy atom. The number of aromatic nitrogens is 2. The molecule has 1 aromatic heterocycles. The smallest absolute Gasteiger partial charge is 0.371 e. The fourth-order valence-electron chi connectivity index (χ4n) is 1.64. The second-order valence-electron chi connectivity index (χ2n) is 3.41. The molecule has 5 nitrogen and oxygen atoms in total. The lowest BCUT2D eigenvalue weighted by Crippen LogP contribution is -2.15. The zero-order chi connectivity index (χ0) is 9.97. The highest BCUT2D eigenvalue weighted by Gasteiger charge is 2.19. The van der Waals surface area contributed by atoms with E-state index in [1.165, 1.54) is 0 Å². The molecule has 76 valence electrons. The number of aromatic carboxylic acids is 1. The van der Waals surface area contributed by atoms with Gasteiger partial charge in [0.15, 0.2) is 0 Å². The number of hydrogen-bond acceptors (Lipinski definition) is 3. The van der Waals surface area contributed by atoms with Crippen molar-refractivity contribution in [1.82, 2.24) is 9.97 Å². The Kier molecular flexibility index (Phi) is 2.49. The van der Waals surface area contributed by atoms with Crippen LogP contribution in [-0.4, -0.2) is 34.3 Å². The van der Waals surface area contributed by atoms with E-state index in [0.29, 0.717) is 6.61 Å². The molecule has 0 aliphatic carbocycles. The third kappa shape index (κ3) is 1.77. The molecular weight excluding hydrogens is 184 g/mol. The van der Waals surface area contributed by atoms with Crippen molar-refractivity contribution in [1.29, 1.82) is 0 Å². The number of hydrogen-bond donors (Lipinski definition) is 2. The summed E-state index contributed by atoms with van der Waals surface area (Å²) in [5.41, 5.74) is 0.863. The molecule has 1 aliphatic heterocycles. The van der Waals surface area contributed by atoms with Crippen molar-refractivity contribution in [2.24, 2.45) is 0 Å². The van der Waals surface area contributed by atoms with Crippen molar-refractivity contribution in [3.05, 3.63) is 17.7 Å². The first-order valence-electron chi connectivity index (χ1n) is 4.63. The molecule has 1 fully saturated rings. The Bertz CT molecular complexity index is 329. The van der Waals surface area contributed by atoms with E-state index in [9.17, 15) is 4.79 Å². The van der Waals surface area contributed by atoms with Crippen molar-refractivity contribution in [2.75, 3.05) is 13.2 Å². The van der Waals surface area contributed by atoms with Gasteiger partial charge in [0.1, 0.15) is 0 Å². The number of H-pyrrole nitrogens is 1. The molecule has 14 heavy (non-hydrogen) atoms. The molecule has 0 bridgehead atoms. The van der Waals surface area contributed by atoms with Crippen LogP contribution in [-0.2, 0) is 4.74 Å². The fraction of sp³-hybridized carbons (Fsp3) is 0.556. The molecule has 0 aromatic carbocycles. The Morgan fingerprint density at radius 2 is 2.57 bits per heavy atom. The van der Waals surface area contributed by atoms with Crippen LogP contribution in [0, 0.1) is 0 Å². The van der Waals surface area contributed by atoms with Crippen LogP contribution in [0.1, 0.15) is 35.1 Å². The maximum atomic E-state index is 10.6. The van der Waals surface area contributed by atoms with E-state index in [2.05, 4.69) is 9.97 Å². The zero-order valence-electron chi connectivity index (χ0n) is 7.69. The van der Waals surface area contributed by atoms with Gasteiger partial charge in [-0.05, 0) is 12.8 Å². The maximum absolute atomic E-state index is 10.6. The number of nitrogens with zero attached hydrogens (tertiary/aromatic N) is 1. The average molecular weight is 196 g/mol. The molecule has 0 amide bonds. The SMILES string of the molecule is O=C(O)c1ncc(C2CCCOC2)[nH]1. The largest absolute Gasteiger partial charge is 0.475 e. The predicted octanol–water partition coefficient (Wildman–Crippen LogP) is 1.00. The van der Waals surface area contributed by atoms with Gasteiger partial charge in [-0.1, -0.05) is 0 Å². The Balaban J connectivity index is 2.11. The summed E-state index contributed by atoms with van der Waals surface area (Å²) in [5.74, 6) is -0.747. The molecular formula is C9H12N2O3. The molecule has 2 rings (SSSR count). The first-order valence-corrected chi connectivity index (χ1v) is 4.63. The summed E-state index contributed by atoms with van der Waals surface area (Å²) in [6.45, 7) is 1.46. The van der Waals surface area contributed by atoms with Crippen molar-refractivity contribution in [3.8, 4) is 0 Å². The van der Waals surface area contributed by atoms with E-state index in [1.54, 1.807) is 6.20 Å². The molecule has 0 saturated carbocycles. The van der Waals surface area contributed by atoms with Gasteiger partial charge in [0.25, 0.3) is 0 Å². The summed E-state index contributed by atoms with van der Waals surface area (Å²) >= 11 is 0. The molecule has 1 aliphatic rings. The fourth-order valence-corrected chi connectivity index (χ4v) is 1.64. The number of carboxylic acids is 1. The molecule has 0 radical (unpaired) electrons. The second kappa shape index (κ2) is 3.79. The third-order valence-corrected chi connectivity index (χ3v) is 2.40. The number of aromatic amines is 1. The molecule has 1 saturated heterocycles. The minimum atomic E-state index is -1.02. The minimum Gasteiger partial charge on any atom is -0.475 e. The van der Waals surface area contributed by atoms with Crippen LogP contribution >= 0.6 is 0 Å². The van der Waals surface area contributed by atoms with Gasteiger partial charge in [-0.2, -0.15) is 0 Å². The van der Waals surface area contributed by atoms with Crippen LogP contribution in [0.2, 0.25) is 0 Å². The first-order chi connectivity index (χ1) is 6.77. The van der Waals surface area contributed by atoms with E-state index in [-0.39, 0.29) is 11.7 Å². The standard InChI is InChI=1S/C9H12N2O3/c12-9(13)8-10-4-7(11-8)6-2-1-3-14-5-6/h4,6H,1-3,5H2,(H,10,11)(H,12,13). The van der Waals surface area contributed by atoms with E-state index >= 15 is 0 Å². The van der Waals surface area contributed by atoms with Crippen LogP contribution in [0.25, 0.3) is 0 Å². The van der Waals surface area contributed by atoms with Gasteiger partial charge >= 0.3 is 5.97 Å². The van der Waals surface area contributed by atoms with Crippen molar-refractivity contribution in [2.45, 2.75) is 18.8 Å². The van der Waals surface area contributed by atoms with Crippen LogP contribution < -0.4 is 0 Å². The number of carboxylic acid groups (broad SMARTS) is 1. The molecule has 5 heteroatoms. The van der Waals surface area contributed by atoms with E-state index in [1.807, 2.05) is 0 Å². The summed E-state index contributed by atoms with van der Waals surface area (Å²) in [6.07, 6.45) is 3.64. The van der Waals surface area contributed by atoms with Gasteiger partial charge in [-0.3, -0.25) is 0 Å². The first kappa shape index (κ1) is 9.21. The van der Waals surface area contributed by atoms with Gasteiger partial charge < -0.3 is 14.8 Å². The summed E-state index contributed by atoms with van der Waals surface area (Å²) in [5, 5.41) is 8.67. The highest BCUT2D eigenvalue weighted by atomic mass is 16.5. The zero-order valence-corrected chi connectivity index (χ0v) is 7.69. The van der Waals surface area contributed by atoms with Crippen molar-refractivity contribution in [3.63, 3.8) is 0 Å². The number of nitrogens with one attached hydrogen (secondary N) is 1. The molecule has 2 heterocycles. The normalized spacial score (nSPS) is 22.1. The monoisotopic (exact) mass is 196 g/mol. The topological polar surface area (TPSA) is 75.2 Å². The van der Waals surface area contributed by atoms with Crippen LogP contribution in [0.4, 0.5) is 0 Å². The summed E-state index contributed by atoms with van der Waals surface area (Å²) in [4.78, 5) is 17.1. The highest BCUT2D eigenvalue weighted by Crippen LogP contribution is 2.23. The second-order valence-corrected chi connectivity index (χ2v) is 3.41. The van der Waals surface area contributed by atoms with Crippen molar-refractivity contribution < 1.29 is 14.6 Å². The molecule has 1 atom stereocenters. The third-order valence-electron chi connectivity index (χ3n) is 2.40. The lowest BCUT2D eigenvalue weighted by atomic mass is 9.99. The molecule has 0 spiro atoms.